The molecule has 4 rings (SSSR count). The van der Waals surface area contributed by atoms with E-state index >= 15 is 0 Å². The molecule has 4 heteroatoms. The van der Waals surface area contributed by atoms with Crippen LogP contribution in [0.2, 0.25) is 0 Å². The summed E-state index contributed by atoms with van der Waals surface area (Å²) < 4.78 is 5.23. The Balaban J connectivity index is 1.71. The van der Waals surface area contributed by atoms with E-state index in [4.69, 9.17) is 4.74 Å². The van der Waals surface area contributed by atoms with Crippen LogP contribution in [0.3, 0.4) is 0 Å². The van der Waals surface area contributed by atoms with E-state index in [-0.39, 0.29) is 11.8 Å². The summed E-state index contributed by atoms with van der Waals surface area (Å²) in [5.74, 6) is 0.856. The van der Waals surface area contributed by atoms with E-state index in [0.717, 1.165) is 36.1 Å². The highest BCUT2D eigenvalue weighted by atomic mass is 16.5. The molecule has 0 unspecified atom stereocenters. The Bertz CT molecular complexity index is 804. The molecule has 136 valence electrons. The number of fused-ring (bicyclic) bond motifs is 1. The quantitative estimate of drug-likeness (QED) is 0.921. The van der Waals surface area contributed by atoms with Crippen molar-refractivity contribution < 1.29 is 14.6 Å². The van der Waals surface area contributed by atoms with Gasteiger partial charge >= 0.3 is 0 Å². The summed E-state index contributed by atoms with van der Waals surface area (Å²) in [6.07, 6.45) is 2.84. The zero-order valence-corrected chi connectivity index (χ0v) is 15.3. The van der Waals surface area contributed by atoms with Crippen molar-refractivity contribution >= 4 is 5.91 Å². The van der Waals surface area contributed by atoms with Crippen molar-refractivity contribution in [2.45, 2.75) is 36.8 Å². The molecule has 1 saturated heterocycles. The maximum atomic E-state index is 12.6. The zero-order chi connectivity index (χ0) is 18.4. The van der Waals surface area contributed by atoms with E-state index in [1.54, 1.807) is 19.1 Å². The molecular formula is C22H25NO3. The summed E-state index contributed by atoms with van der Waals surface area (Å²) in [6.45, 7) is 0. The van der Waals surface area contributed by atoms with Crippen molar-refractivity contribution in [2.24, 2.45) is 5.92 Å². The maximum Gasteiger partial charge on any atom is 0.225 e. The van der Waals surface area contributed by atoms with Gasteiger partial charge in [-0.3, -0.25) is 4.79 Å². The van der Waals surface area contributed by atoms with Crippen LogP contribution in [0.25, 0.3) is 0 Å². The lowest BCUT2D eigenvalue weighted by molar-refractivity contribution is -0.156. The second-order valence-corrected chi connectivity index (χ2v) is 7.59. The Morgan fingerprint density at radius 1 is 1.15 bits per heavy atom. The summed E-state index contributed by atoms with van der Waals surface area (Å²) in [7, 11) is 3.40. The first kappa shape index (κ1) is 17.1. The SMILES string of the molecule is COc1ccc(C[C@H]2CC[C@@]3(c4ccccc4)CC(=O)N(C)[C@@]23O)cc1. The van der Waals surface area contributed by atoms with Crippen LogP contribution in [0.1, 0.15) is 30.4 Å². The van der Waals surface area contributed by atoms with E-state index in [0.29, 0.717) is 6.42 Å². The van der Waals surface area contributed by atoms with E-state index in [1.165, 1.54) is 0 Å². The van der Waals surface area contributed by atoms with Gasteiger partial charge in [0.25, 0.3) is 0 Å². The number of carbonyl (C=O) groups is 1. The molecule has 1 amide bonds. The highest BCUT2D eigenvalue weighted by Gasteiger charge is 2.68. The number of nitrogens with zero attached hydrogens (tertiary/aromatic N) is 1. The van der Waals surface area contributed by atoms with Crippen LogP contribution in [-0.2, 0) is 16.6 Å². The van der Waals surface area contributed by atoms with Gasteiger partial charge < -0.3 is 14.7 Å². The van der Waals surface area contributed by atoms with Gasteiger partial charge in [-0.25, -0.2) is 0 Å². The normalized spacial score (nSPS) is 30.5. The summed E-state index contributed by atoms with van der Waals surface area (Å²) in [5, 5.41) is 11.9. The number of carbonyl (C=O) groups excluding carboxylic acids is 1. The van der Waals surface area contributed by atoms with Gasteiger partial charge in [0.2, 0.25) is 5.91 Å². The molecule has 4 nitrogen and oxygen atoms in total. The van der Waals surface area contributed by atoms with Crippen molar-refractivity contribution in [1.29, 1.82) is 0 Å². The monoisotopic (exact) mass is 351 g/mol. The fraction of sp³-hybridized carbons (Fsp3) is 0.409. The first-order chi connectivity index (χ1) is 12.5. The average Bonchev–Trinajstić information content (AvgIpc) is 3.06. The molecule has 3 atom stereocenters. The van der Waals surface area contributed by atoms with E-state index in [2.05, 4.69) is 0 Å². The van der Waals surface area contributed by atoms with E-state index < -0.39 is 11.1 Å². The van der Waals surface area contributed by atoms with Crippen molar-refractivity contribution in [1.82, 2.24) is 4.90 Å². The molecule has 2 fully saturated rings. The van der Waals surface area contributed by atoms with Gasteiger partial charge in [-0.05, 0) is 42.5 Å². The number of hydrogen-bond acceptors (Lipinski definition) is 3. The number of hydrogen-bond donors (Lipinski definition) is 1. The van der Waals surface area contributed by atoms with Crippen LogP contribution in [0.15, 0.2) is 54.6 Å². The number of rotatable bonds is 4. The minimum Gasteiger partial charge on any atom is -0.497 e. The maximum absolute atomic E-state index is 12.6. The number of amides is 1. The predicted molar refractivity (Wildman–Crippen MR) is 99.9 cm³/mol. The number of methoxy groups -OCH3 is 1. The van der Waals surface area contributed by atoms with Crippen molar-refractivity contribution in [3.63, 3.8) is 0 Å². The molecule has 1 heterocycles. The Morgan fingerprint density at radius 3 is 2.50 bits per heavy atom. The molecule has 2 aromatic carbocycles. The van der Waals surface area contributed by atoms with E-state index in [9.17, 15) is 9.90 Å². The van der Waals surface area contributed by atoms with E-state index in [1.807, 2.05) is 54.6 Å². The summed E-state index contributed by atoms with van der Waals surface area (Å²) in [4.78, 5) is 14.2. The first-order valence-corrected chi connectivity index (χ1v) is 9.19. The van der Waals surface area contributed by atoms with Crippen molar-refractivity contribution in [3.05, 3.63) is 65.7 Å². The zero-order valence-electron chi connectivity index (χ0n) is 15.3. The van der Waals surface area contributed by atoms with Crippen molar-refractivity contribution in [3.8, 4) is 5.75 Å². The molecule has 0 bridgehead atoms. The van der Waals surface area contributed by atoms with Crippen LogP contribution >= 0.6 is 0 Å². The lowest BCUT2D eigenvalue weighted by Gasteiger charge is -2.43. The Labute approximate surface area is 154 Å². The topological polar surface area (TPSA) is 49.8 Å². The minimum atomic E-state index is -1.15. The van der Waals surface area contributed by atoms with Gasteiger partial charge in [-0.1, -0.05) is 42.5 Å². The standard InChI is InChI=1S/C22H25NO3/c1-23-20(24)15-21(17-6-4-3-5-7-17)13-12-18(22(21,23)25)14-16-8-10-19(26-2)11-9-16/h3-11,18,25H,12-15H2,1-2H3/t18-,21+,22-/m1/s1. The van der Waals surface area contributed by atoms with Gasteiger partial charge in [-0.15, -0.1) is 0 Å². The first-order valence-electron chi connectivity index (χ1n) is 9.19. The van der Waals surface area contributed by atoms with Gasteiger partial charge in [0.05, 0.1) is 12.5 Å². The average molecular weight is 351 g/mol. The van der Waals surface area contributed by atoms with Gasteiger partial charge in [-0.2, -0.15) is 0 Å². The molecule has 1 saturated carbocycles. The fourth-order valence-electron chi connectivity index (χ4n) is 5.08. The van der Waals surface area contributed by atoms with Crippen LogP contribution in [0.4, 0.5) is 0 Å². The number of aliphatic hydroxyl groups is 1. The highest BCUT2D eigenvalue weighted by Crippen LogP contribution is 2.59. The largest absolute Gasteiger partial charge is 0.497 e. The number of benzene rings is 2. The molecule has 0 aromatic heterocycles. The van der Waals surface area contributed by atoms with Crippen molar-refractivity contribution in [2.75, 3.05) is 14.2 Å². The molecule has 1 N–H and O–H groups in total. The molecule has 2 aliphatic rings. The van der Waals surface area contributed by atoms with Crippen LogP contribution < -0.4 is 4.74 Å². The Morgan fingerprint density at radius 2 is 1.85 bits per heavy atom. The number of likely N-dealkylation sites (tertiary alicyclic amines) is 1. The highest BCUT2D eigenvalue weighted by molar-refractivity contribution is 5.83. The molecule has 1 aliphatic heterocycles. The molecule has 0 radical (unpaired) electrons. The third-order valence-corrected chi connectivity index (χ3v) is 6.50. The third-order valence-electron chi connectivity index (χ3n) is 6.50. The Hall–Kier alpha value is -2.33. The smallest absolute Gasteiger partial charge is 0.225 e. The van der Waals surface area contributed by atoms with Crippen LogP contribution in [0, 0.1) is 5.92 Å². The predicted octanol–water partition coefficient (Wildman–Crippen LogP) is 3.14. The van der Waals surface area contributed by atoms with Gasteiger partial charge in [0.15, 0.2) is 5.72 Å². The third kappa shape index (κ3) is 2.28. The number of likely N-dealkylation sites (N-methyl/N-ethyl adjacent to an activating group) is 1. The fourth-order valence-corrected chi connectivity index (χ4v) is 5.08. The summed E-state index contributed by atoms with van der Waals surface area (Å²) in [5.41, 5.74) is 0.557. The summed E-state index contributed by atoms with van der Waals surface area (Å²) >= 11 is 0. The molecule has 0 spiro atoms. The summed E-state index contributed by atoms with van der Waals surface area (Å²) in [6, 6.07) is 18.0. The molecular weight excluding hydrogens is 326 g/mol. The Kier molecular flexibility index (Phi) is 4.03. The lowest BCUT2D eigenvalue weighted by atomic mass is 9.71. The molecule has 26 heavy (non-hydrogen) atoms. The lowest BCUT2D eigenvalue weighted by Crippen LogP contribution is -2.56. The van der Waals surface area contributed by atoms with Gasteiger partial charge in [0.1, 0.15) is 5.75 Å². The number of ether oxygens (including phenoxy) is 1. The second kappa shape index (κ2) is 6.13. The minimum absolute atomic E-state index is 0.00699. The molecule has 2 aromatic rings. The van der Waals surface area contributed by atoms with Crippen LogP contribution in [-0.4, -0.2) is 35.8 Å². The second-order valence-electron chi connectivity index (χ2n) is 7.59. The van der Waals surface area contributed by atoms with Crippen LogP contribution in [0.5, 0.6) is 5.75 Å². The van der Waals surface area contributed by atoms with Gasteiger partial charge in [0, 0.05) is 19.4 Å². The molecule has 1 aliphatic carbocycles.